The molecule has 0 saturated carbocycles. The molecule has 1 aromatic rings. The summed E-state index contributed by atoms with van der Waals surface area (Å²) in [6.07, 6.45) is 3.07. The number of methoxy groups -OCH3 is 2. The van der Waals surface area contributed by atoms with Crippen molar-refractivity contribution in [2.24, 2.45) is 0 Å². The summed E-state index contributed by atoms with van der Waals surface area (Å²) in [7, 11) is 2.81. The van der Waals surface area contributed by atoms with Crippen LogP contribution >= 0.6 is 0 Å². The van der Waals surface area contributed by atoms with E-state index in [2.05, 4.69) is 10.1 Å². The van der Waals surface area contributed by atoms with Gasteiger partial charge < -0.3 is 24.3 Å². The van der Waals surface area contributed by atoms with Crippen LogP contribution in [-0.2, 0) is 19.1 Å². The molecule has 0 heterocycles. The van der Waals surface area contributed by atoms with Gasteiger partial charge in [-0.2, -0.15) is 0 Å². The van der Waals surface area contributed by atoms with Crippen LogP contribution in [0.15, 0.2) is 24.3 Å². The molecule has 150 valence electrons. The van der Waals surface area contributed by atoms with Gasteiger partial charge in [-0.25, -0.2) is 0 Å². The van der Waals surface area contributed by atoms with Crippen molar-refractivity contribution in [1.82, 2.24) is 5.32 Å². The third-order valence-corrected chi connectivity index (χ3v) is 3.64. The topological polar surface area (TPSA) is 83.1 Å². The quantitative estimate of drug-likeness (QED) is 0.470. The van der Waals surface area contributed by atoms with Gasteiger partial charge in [-0.15, -0.1) is 0 Å². The Balaban J connectivity index is 2.86. The lowest BCUT2D eigenvalue weighted by Crippen LogP contribution is -2.50. The van der Waals surface area contributed by atoms with Crippen molar-refractivity contribution in [3.63, 3.8) is 0 Å². The van der Waals surface area contributed by atoms with Gasteiger partial charge in [0.15, 0.2) is 11.5 Å². The lowest BCUT2D eigenvalue weighted by molar-refractivity contribution is -0.143. The van der Waals surface area contributed by atoms with Gasteiger partial charge in [-0.3, -0.25) is 9.59 Å². The average molecular weight is 379 g/mol. The average Bonchev–Trinajstić information content (AvgIpc) is 2.62. The Morgan fingerprint density at radius 1 is 1.11 bits per heavy atom. The second-order valence-electron chi connectivity index (χ2n) is 6.14. The van der Waals surface area contributed by atoms with Crippen LogP contribution < -0.4 is 14.8 Å². The summed E-state index contributed by atoms with van der Waals surface area (Å²) in [6, 6.07) is 5.44. The largest absolute Gasteiger partial charge is 0.490 e. The number of carbonyl (C=O) groups excluding carboxylic acids is 2. The minimum Gasteiger partial charge on any atom is -0.490 e. The summed E-state index contributed by atoms with van der Waals surface area (Å²) < 4.78 is 20.9. The van der Waals surface area contributed by atoms with Crippen LogP contribution in [0.3, 0.4) is 0 Å². The van der Waals surface area contributed by atoms with Gasteiger partial charge in [0.25, 0.3) is 0 Å². The first-order valence-corrected chi connectivity index (χ1v) is 8.83. The van der Waals surface area contributed by atoms with Gasteiger partial charge >= 0.3 is 5.97 Å². The molecule has 0 saturated heterocycles. The first kappa shape index (κ1) is 22.5. The Kier molecular flexibility index (Phi) is 9.36. The standard InChI is InChI=1S/C20H29NO6/c1-6-26-16-10-8-15(12-17(16)27-7-2)9-11-18(22)21-20(3,14-24-4)13-19(23)25-5/h8-12H,6-7,13-14H2,1-5H3,(H,21,22). The van der Waals surface area contributed by atoms with Crippen LogP contribution in [-0.4, -0.2) is 51.5 Å². The molecule has 27 heavy (non-hydrogen) atoms. The maximum atomic E-state index is 12.3. The van der Waals surface area contributed by atoms with Gasteiger partial charge in [-0.1, -0.05) is 6.07 Å². The number of rotatable bonds is 11. The minimum absolute atomic E-state index is 0.00839. The van der Waals surface area contributed by atoms with Crippen molar-refractivity contribution in [2.45, 2.75) is 32.7 Å². The molecule has 0 spiro atoms. The van der Waals surface area contributed by atoms with Gasteiger partial charge in [0.05, 0.1) is 38.9 Å². The highest BCUT2D eigenvalue weighted by Crippen LogP contribution is 2.29. The molecule has 0 fully saturated rings. The number of benzene rings is 1. The molecule has 1 unspecified atom stereocenters. The number of ether oxygens (including phenoxy) is 4. The highest BCUT2D eigenvalue weighted by atomic mass is 16.5. The fraction of sp³-hybridized carbons (Fsp3) is 0.500. The first-order valence-electron chi connectivity index (χ1n) is 8.83. The van der Waals surface area contributed by atoms with Crippen molar-refractivity contribution in [3.8, 4) is 11.5 Å². The predicted octanol–water partition coefficient (Wildman–Crippen LogP) is 2.58. The van der Waals surface area contributed by atoms with Gasteiger partial charge in [0.1, 0.15) is 0 Å². The van der Waals surface area contributed by atoms with Crippen LogP contribution in [0, 0.1) is 0 Å². The molecule has 7 heteroatoms. The molecular formula is C20H29NO6. The van der Waals surface area contributed by atoms with E-state index in [4.69, 9.17) is 14.2 Å². The Hall–Kier alpha value is -2.54. The highest BCUT2D eigenvalue weighted by Gasteiger charge is 2.29. The van der Waals surface area contributed by atoms with E-state index in [9.17, 15) is 9.59 Å². The highest BCUT2D eigenvalue weighted by molar-refractivity contribution is 5.92. The Labute approximate surface area is 160 Å². The number of amides is 1. The molecule has 1 amide bonds. The smallest absolute Gasteiger partial charge is 0.307 e. The molecule has 0 bridgehead atoms. The van der Waals surface area contributed by atoms with Gasteiger partial charge in [0.2, 0.25) is 5.91 Å². The third kappa shape index (κ3) is 7.70. The number of esters is 1. The summed E-state index contributed by atoms with van der Waals surface area (Å²) in [6.45, 7) is 6.75. The third-order valence-electron chi connectivity index (χ3n) is 3.64. The second kappa shape index (κ2) is 11.2. The van der Waals surface area contributed by atoms with E-state index in [-0.39, 0.29) is 18.9 Å². The molecule has 7 nitrogen and oxygen atoms in total. The first-order chi connectivity index (χ1) is 12.9. The molecule has 0 aliphatic rings. The maximum Gasteiger partial charge on any atom is 0.307 e. The van der Waals surface area contributed by atoms with Crippen LogP contribution in [0.1, 0.15) is 32.8 Å². The SMILES string of the molecule is CCOc1ccc(C=CC(=O)NC(C)(COC)CC(=O)OC)cc1OCC. The normalized spacial score (nSPS) is 13.1. The summed E-state index contributed by atoms with van der Waals surface area (Å²) in [5.74, 6) is 0.514. The van der Waals surface area contributed by atoms with Gasteiger partial charge in [-0.05, 0) is 44.5 Å². The summed E-state index contributed by atoms with van der Waals surface area (Å²) in [5, 5.41) is 2.79. The van der Waals surface area contributed by atoms with Crippen molar-refractivity contribution in [3.05, 3.63) is 29.8 Å². The van der Waals surface area contributed by atoms with Crippen molar-refractivity contribution in [1.29, 1.82) is 0 Å². The Morgan fingerprint density at radius 2 is 1.78 bits per heavy atom. The molecule has 0 aromatic heterocycles. The molecule has 1 N–H and O–H groups in total. The molecule has 1 rings (SSSR count). The molecule has 1 atom stereocenters. The van der Waals surface area contributed by atoms with Crippen LogP contribution in [0.5, 0.6) is 11.5 Å². The van der Waals surface area contributed by atoms with Gasteiger partial charge in [0, 0.05) is 13.2 Å². The molecule has 0 radical (unpaired) electrons. The molecule has 0 aliphatic heterocycles. The summed E-state index contributed by atoms with van der Waals surface area (Å²) in [4.78, 5) is 23.9. The maximum absolute atomic E-state index is 12.3. The number of hydrogen-bond acceptors (Lipinski definition) is 6. The van der Waals surface area contributed by atoms with Crippen molar-refractivity contribution in [2.75, 3.05) is 34.0 Å². The number of carbonyl (C=O) groups is 2. The van der Waals surface area contributed by atoms with E-state index in [1.807, 2.05) is 19.9 Å². The summed E-state index contributed by atoms with van der Waals surface area (Å²) >= 11 is 0. The molecular weight excluding hydrogens is 350 g/mol. The Bertz CT molecular complexity index is 658. The van der Waals surface area contributed by atoms with E-state index in [1.54, 1.807) is 25.1 Å². The van der Waals surface area contributed by atoms with Crippen LogP contribution in [0.4, 0.5) is 0 Å². The Morgan fingerprint density at radius 3 is 2.37 bits per heavy atom. The van der Waals surface area contributed by atoms with E-state index in [0.717, 1.165) is 5.56 Å². The lowest BCUT2D eigenvalue weighted by atomic mass is 9.99. The fourth-order valence-electron chi connectivity index (χ4n) is 2.52. The monoisotopic (exact) mass is 379 g/mol. The fourth-order valence-corrected chi connectivity index (χ4v) is 2.52. The minimum atomic E-state index is -0.863. The van der Waals surface area contributed by atoms with E-state index in [0.29, 0.717) is 24.7 Å². The zero-order valence-electron chi connectivity index (χ0n) is 16.7. The zero-order chi connectivity index (χ0) is 20.3. The van der Waals surface area contributed by atoms with E-state index in [1.165, 1.54) is 20.3 Å². The van der Waals surface area contributed by atoms with Crippen molar-refractivity contribution >= 4 is 18.0 Å². The second-order valence-corrected chi connectivity index (χ2v) is 6.14. The van der Waals surface area contributed by atoms with Crippen molar-refractivity contribution < 1.29 is 28.5 Å². The van der Waals surface area contributed by atoms with Crippen LogP contribution in [0.25, 0.3) is 6.08 Å². The van der Waals surface area contributed by atoms with E-state index < -0.39 is 11.5 Å². The lowest BCUT2D eigenvalue weighted by Gasteiger charge is -2.28. The number of hydrogen-bond donors (Lipinski definition) is 1. The predicted molar refractivity (Wildman–Crippen MR) is 103 cm³/mol. The van der Waals surface area contributed by atoms with Crippen LogP contribution in [0.2, 0.25) is 0 Å². The molecule has 0 aliphatic carbocycles. The zero-order valence-corrected chi connectivity index (χ0v) is 16.7. The molecule has 1 aromatic carbocycles. The number of nitrogens with one attached hydrogen (secondary N) is 1. The van der Waals surface area contributed by atoms with E-state index >= 15 is 0 Å². The summed E-state index contributed by atoms with van der Waals surface area (Å²) in [5.41, 5.74) is -0.0723.